The Labute approximate surface area is 118 Å². The van der Waals surface area contributed by atoms with E-state index in [1.807, 2.05) is 27.7 Å². The molecular weight excluding hydrogens is 264 g/mol. The van der Waals surface area contributed by atoms with E-state index in [1.165, 1.54) is 11.5 Å². The molecule has 0 radical (unpaired) electrons. The van der Waals surface area contributed by atoms with Crippen molar-refractivity contribution in [1.82, 2.24) is 14.7 Å². The van der Waals surface area contributed by atoms with Gasteiger partial charge in [0.25, 0.3) is 0 Å². The topological polar surface area (TPSA) is 76.1 Å². The summed E-state index contributed by atoms with van der Waals surface area (Å²) in [5, 5.41) is 6.71. The summed E-state index contributed by atoms with van der Waals surface area (Å²) in [4.78, 5) is 15.7. The van der Waals surface area contributed by atoms with Crippen LogP contribution in [0.15, 0.2) is 0 Å². The van der Waals surface area contributed by atoms with Crippen molar-refractivity contribution in [2.75, 3.05) is 18.4 Å². The van der Waals surface area contributed by atoms with Crippen LogP contribution < -0.4 is 10.6 Å². The number of aromatic nitrogens is 2. The molecule has 1 rings (SSSR count). The molecule has 0 fully saturated rings. The average Bonchev–Trinajstić information content (AvgIpc) is 2.74. The molecule has 0 atom stereocenters. The highest BCUT2D eigenvalue weighted by Gasteiger charge is 2.15. The van der Waals surface area contributed by atoms with Gasteiger partial charge in [-0.1, -0.05) is 6.92 Å². The van der Waals surface area contributed by atoms with Crippen LogP contribution in [0.25, 0.3) is 0 Å². The van der Waals surface area contributed by atoms with E-state index in [0.717, 1.165) is 30.3 Å². The number of hydrogen-bond acceptors (Lipinski definition) is 6. The molecule has 1 aromatic rings. The first-order valence-electron chi connectivity index (χ1n) is 6.44. The third-order valence-corrected chi connectivity index (χ3v) is 2.79. The van der Waals surface area contributed by atoms with Gasteiger partial charge in [-0.05, 0) is 27.2 Å². The van der Waals surface area contributed by atoms with Crippen molar-refractivity contribution >= 4 is 22.8 Å². The number of anilines is 1. The summed E-state index contributed by atoms with van der Waals surface area (Å²) >= 11 is 1.36. The van der Waals surface area contributed by atoms with Crippen LogP contribution in [-0.4, -0.2) is 34.1 Å². The Morgan fingerprint density at radius 1 is 1.37 bits per heavy atom. The molecule has 0 aliphatic carbocycles. The predicted molar refractivity (Wildman–Crippen MR) is 76.6 cm³/mol. The smallest absolute Gasteiger partial charge is 0.407 e. The van der Waals surface area contributed by atoms with Crippen molar-refractivity contribution in [2.24, 2.45) is 0 Å². The molecule has 6 nitrogen and oxygen atoms in total. The number of nitrogens with zero attached hydrogens (tertiary/aromatic N) is 2. The lowest BCUT2D eigenvalue weighted by Gasteiger charge is -2.19. The molecule has 0 aliphatic rings. The minimum Gasteiger partial charge on any atom is -0.444 e. The van der Waals surface area contributed by atoms with Crippen molar-refractivity contribution in [2.45, 2.75) is 46.1 Å². The van der Waals surface area contributed by atoms with E-state index in [0.29, 0.717) is 6.54 Å². The van der Waals surface area contributed by atoms with E-state index in [-0.39, 0.29) is 6.09 Å². The number of ether oxygens (including phenoxy) is 1. The average molecular weight is 286 g/mol. The second-order valence-electron chi connectivity index (χ2n) is 5.08. The normalized spacial score (nSPS) is 11.2. The molecule has 1 amide bonds. The first kappa shape index (κ1) is 15.7. The van der Waals surface area contributed by atoms with Gasteiger partial charge in [0.2, 0.25) is 5.13 Å². The molecule has 108 valence electrons. The molecule has 1 aromatic heterocycles. The summed E-state index contributed by atoms with van der Waals surface area (Å²) < 4.78 is 9.31. The van der Waals surface area contributed by atoms with E-state index < -0.39 is 5.60 Å². The van der Waals surface area contributed by atoms with Gasteiger partial charge in [-0.3, -0.25) is 0 Å². The van der Waals surface area contributed by atoms with Crippen molar-refractivity contribution in [1.29, 1.82) is 0 Å². The van der Waals surface area contributed by atoms with Gasteiger partial charge < -0.3 is 15.4 Å². The molecule has 1 heterocycles. The van der Waals surface area contributed by atoms with Crippen LogP contribution in [0.3, 0.4) is 0 Å². The summed E-state index contributed by atoms with van der Waals surface area (Å²) in [5.74, 6) is 0.861. The van der Waals surface area contributed by atoms with Gasteiger partial charge in [0, 0.05) is 31.0 Å². The maximum atomic E-state index is 11.4. The third-order valence-electron chi connectivity index (χ3n) is 2.08. The molecule has 0 saturated heterocycles. The van der Waals surface area contributed by atoms with Crippen LogP contribution in [0.4, 0.5) is 9.93 Å². The molecular formula is C12H22N4O2S. The van der Waals surface area contributed by atoms with Crippen LogP contribution >= 0.6 is 11.5 Å². The highest BCUT2D eigenvalue weighted by atomic mass is 32.1. The lowest BCUT2D eigenvalue weighted by atomic mass is 10.2. The Morgan fingerprint density at radius 3 is 2.68 bits per heavy atom. The Hall–Kier alpha value is -1.37. The molecule has 7 heteroatoms. The monoisotopic (exact) mass is 286 g/mol. The first-order chi connectivity index (χ1) is 8.90. The van der Waals surface area contributed by atoms with Crippen molar-refractivity contribution in [3.63, 3.8) is 0 Å². The number of rotatable bonds is 6. The number of amides is 1. The zero-order valence-electron chi connectivity index (χ0n) is 11.9. The molecule has 0 aliphatic heterocycles. The number of carbonyl (C=O) groups is 1. The SMILES string of the molecule is CCc1nsc(NCCCNC(=O)OC(C)(C)C)n1. The summed E-state index contributed by atoms with van der Waals surface area (Å²) in [7, 11) is 0. The van der Waals surface area contributed by atoms with Gasteiger partial charge in [0.15, 0.2) is 0 Å². The fourth-order valence-corrected chi connectivity index (χ4v) is 1.93. The van der Waals surface area contributed by atoms with Crippen LogP contribution in [0.2, 0.25) is 0 Å². The third kappa shape index (κ3) is 6.95. The van der Waals surface area contributed by atoms with E-state index in [1.54, 1.807) is 0 Å². The lowest BCUT2D eigenvalue weighted by Crippen LogP contribution is -2.33. The molecule has 0 saturated carbocycles. The maximum Gasteiger partial charge on any atom is 0.407 e. The number of carbonyl (C=O) groups excluding carboxylic acids is 1. The van der Waals surface area contributed by atoms with Crippen LogP contribution in [0, 0.1) is 0 Å². The maximum absolute atomic E-state index is 11.4. The number of aryl methyl sites for hydroxylation is 1. The Bertz CT molecular complexity index is 401. The zero-order chi connectivity index (χ0) is 14.3. The Balaban J connectivity index is 2.09. The quantitative estimate of drug-likeness (QED) is 0.785. The van der Waals surface area contributed by atoms with Gasteiger partial charge in [-0.15, -0.1) is 0 Å². The van der Waals surface area contributed by atoms with E-state index in [4.69, 9.17) is 4.74 Å². The van der Waals surface area contributed by atoms with Gasteiger partial charge in [0.05, 0.1) is 0 Å². The molecule has 19 heavy (non-hydrogen) atoms. The van der Waals surface area contributed by atoms with Gasteiger partial charge in [0.1, 0.15) is 11.4 Å². The minimum atomic E-state index is -0.453. The minimum absolute atomic E-state index is 0.378. The van der Waals surface area contributed by atoms with E-state index in [2.05, 4.69) is 20.0 Å². The standard InChI is InChI=1S/C12H22N4O2S/c1-5-9-15-10(19-16-9)13-7-6-8-14-11(17)18-12(2,3)4/h5-8H2,1-4H3,(H,14,17)(H,13,15,16). The van der Waals surface area contributed by atoms with Crippen molar-refractivity contribution in [3.05, 3.63) is 5.82 Å². The highest BCUT2D eigenvalue weighted by Crippen LogP contribution is 2.10. The molecule has 0 spiro atoms. The molecule has 0 bridgehead atoms. The van der Waals surface area contributed by atoms with Gasteiger partial charge in [-0.2, -0.15) is 4.37 Å². The fraction of sp³-hybridized carbons (Fsp3) is 0.750. The first-order valence-corrected chi connectivity index (χ1v) is 7.21. The largest absolute Gasteiger partial charge is 0.444 e. The molecule has 0 unspecified atom stereocenters. The van der Waals surface area contributed by atoms with Crippen LogP contribution in [0.5, 0.6) is 0 Å². The number of hydrogen-bond donors (Lipinski definition) is 2. The summed E-state index contributed by atoms with van der Waals surface area (Å²) in [6, 6.07) is 0. The van der Waals surface area contributed by atoms with Crippen LogP contribution in [-0.2, 0) is 11.2 Å². The molecule has 2 N–H and O–H groups in total. The summed E-state index contributed by atoms with van der Waals surface area (Å²) in [6.07, 6.45) is 1.27. The van der Waals surface area contributed by atoms with Crippen molar-refractivity contribution in [3.8, 4) is 0 Å². The second kappa shape index (κ2) is 7.28. The number of alkyl carbamates (subject to hydrolysis) is 1. The summed E-state index contributed by atoms with van der Waals surface area (Å²) in [6.45, 7) is 8.87. The van der Waals surface area contributed by atoms with E-state index in [9.17, 15) is 4.79 Å². The lowest BCUT2D eigenvalue weighted by molar-refractivity contribution is 0.0528. The predicted octanol–water partition coefficient (Wildman–Crippen LogP) is 2.43. The molecule has 0 aromatic carbocycles. The second-order valence-corrected chi connectivity index (χ2v) is 5.83. The fourth-order valence-electron chi connectivity index (χ4n) is 1.26. The number of nitrogens with one attached hydrogen (secondary N) is 2. The Morgan fingerprint density at radius 2 is 2.11 bits per heavy atom. The zero-order valence-corrected chi connectivity index (χ0v) is 12.8. The van der Waals surface area contributed by atoms with Crippen LogP contribution in [0.1, 0.15) is 39.9 Å². The highest BCUT2D eigenvalue weighted by molar-refractivity contribution is 7.09. The van der Waals surface area contributed by atoms with Crippen molar-refractivity contribution < 1.29 is 9.53 Å². The van der Waals surface area contributed by atoms with Gasteiger partial charge >= 0.3 is 6.09 Å². The summed E-state index contributed by atoms with van der Waals surface area (Å²) in [5.41, 5.74) is -0.453. The Kier molecular flexibility index (Phi) is 6.01. The van der Waals surface area contributed by atoms with E-state index >= 15 is 0 Å². The van der Waals surface area contributed by atoms with Gasteiger partial charge in [-0.25, -0.2) is 9.78 Å².